The third-order valence-electron chi connectivity index (χ3n) is 2.31. The van der Waals surface area contributed by atoms with Crippen molar-refractivity contribution < 1.29 is 0 Å². The second-order valence-corrected chi connectivity index (χ2v) is 4.49. The van der Waals surface area contributed by atoms with Crippen LogP contribution in [0.5, 0.6) is 0 Å². The molecule has 2 rings (SSSR count). The van der Waals surface area contributed by atoms with E-state index in [-0.39, 0.29) is 0 Å². The summed E-state index contributed by atoms with van der Waals surface area (Å²) in [6, 6.07) is 2.16. The van der Waals surface area contributed by atoms with Crippen LogP contribution in [0, 0.1) is 6.92 Å². The molecule has 0 aliphatic heterocycles. The number of rotatable bonds is 5. The van der Waals surface area contributed by atoms with Gasteiger partial charge in [0.25, 0.3) is 0 Å². The Balaban J connectivity index is 1.70. The van der Waals surface area contributed by atoms with Gasteiger partial charge in [-0.15, -0.1) is 0 Å². The number of nitrogens with zero attached hydrogens (tertiary/aromatic N) is 2. The second kappa shape index (κ2) is 5.72. The zero-order valence-electron chi connectivity index (χ0n) is 9.31. The van der Waals surface area contributed by atoms with E-state index in [1.54, 1.807) is 17.5 Å². The summed E-state index contributed by atoms with van der Waals surface area (Å²) in [6.45, 7) is 3.71. The quantitative estimate of drug-likeness (QED) is 0.804. The summed E-state index contributed by atoms with van der Waals surface area (Å²) in [7, 11) is 0. The summed E-state index contributed by atoms with van der Waals surface area (Å²) in [5.74, 6) is 0. The van der Waals surface area contributed by atoms with Gasteiger partial charge in [0.2, 0.25) is 0 Å². The van der Waals surface area contributed by atoms with E-state index in [0.717, 1.165) is 30.9 Å². The summed E-state index contributed by atoms with van der Waals surface area (Å²) in [5, 5.41) is 7.66. The molecule has 2 aromatic rings. The Hall–Kier alpha value is -1.26. The van der Waals surface area contributed by atoms with Gasteiger partial charge < -0.3 is 5.32 Å². The van der Waals surface area contributed by atoms with Crippen LogP contribution in [-0.4, -0.2) is 16.5 Å². The highest BCUT2D eigenvalue weighted by Crippen LogP contribution is 2.05. The van der Waals surface area contributed by atoms with Crippen LogP contribution in [0.4, 0.5) is 0 Å². The number of hydrogen-bond donors (Lipinski definition) is 1. The number of thiophene rings is 1. The topological polar surface area (TPSA) is 37.8 Å². The largest absolute Gasteiger partial charge is 0.311 e. The standard InChI is InChI=1S/C12H15N3S/c1-10-6-15-12(8-14-10)7-13-4-2-11-3-5-16-9-11/h3,5-6,8-9,13H,2,4,7H2,1H3. The summed E-state index contributed by atoms with van der Waals surface area (Å²) in [4.78, 5) is 8.50. The predicted octanol–water partition coefficient (Wildman–Crippen LogP) is 2.18. The molecule has 2 aromatic heterocycles. The van der Waals surface area contributed by atoms with E-state index in [0.29, 0.717) is 0 Å². The highest BCUT2D eigenvalue weighted by atomic mass is 32.1. The van der Waals surface area contributed by atoms with Crippen molar-refractivity contribution in [3.8, 4) is 0 Å². The number of aromatic nitrogens is 2. The molecule has 0 saturated carbocycles. The minimum Gasteiger partial charge on any atom is -0.311 e. The van der Waals surface area contributed by atoms with Gasteiger partial charge in [-0.2, -0.15) is 11.3 Å². The molecular weight excluding hydrogens is 218 g/mol. The molecule has 0 amide bonds. The van der Waals surface area contributed by atoms with Crippen LogP contribution in [-0.2, 0) is 13.0 Å². The fourth-order valence-electron chi connectivity index (χ4n) is 1.39. The molecule has 16 heavy (non-hydrogen) atoms. The van der Waals surface area contributed by atoms with Gasteiger partial charge >= 0.3 is 0 Å². The summed E-state index contributed by atoms with van der Waals surface area (Å²) >= 11 is 1.75. The SMILES string of the molecule is Cc1cnc(CNCCc2ccsc2)cn1. The van der Waals surface area contributed by atoms with Crippen LogP contribution in [0.1, 0.15) is 17.0 Å². The van der Waals surface area contributed by atoms with E-state index < -0.39 is 0 Å². The fourth-order valence-corrected chi connectivity index (χ4v) is 2.10. The molecule has 84 valence electrons. The van der Waals surface area contributed by atoms with Crippen LogP contribution < -0.4 is 5.32 Å². The van der Waals surface area contributed by atoms with Crippen LogP contribution in [0.3, 0.4) is 0 Å². The van der Waals surface area contributed by atoms with Gasteiger partial charge in [0.1, 0.15) is 0 Å². The number of hydrogen-bond acceptors (Lipinski definition) is 4. The Bertz CT molecular complexity index is 408. The van der Waals surface area contributed by atoms with Gasteiger partial charge in [-0.3, -0.25) is 9.97 Å². The molecule has 0 radical (unpaired) electrons. The average Bonchev–Trinajstić information content (AvgIpc) is 2.80. The minimum absolute atomic E-state index is 0.789. The van der Waals surface area contributed by atoms with Crippen LogP contribution in [0.15, 0.2) is 29.2 Å². The Labute approximate surface area is 99.6 Å². The lowest BCUT2D eigenvalue weighted by Crippen LogP contribution is -2.17. The third kappa shape index (κ3) is 3.40. The van der Waals surface area contributed by atoms with Crippen molar-refractivity contribution in [3.05, 3.63) is 46.2 Å². The third-order valence-corrected chi connectivity index (χ3v) is 3.04. The first-order valence-electron chi connectivity index (χ1n) is 5.34. The van der Waals surface area contributed by atoms with Crippen LogP contribution in [0.2, 0.25) is 0 Å². The van der Waals surface area contributed by atoms with Gasteiger partial charge in [0.05, 0.1) is 11.4 Å². The molecule has 1 N–H and O–H groups in total. The van der Waals surface area contributed by atoms with Crippen LogP contribution >= 0.6 is 11.3 Å². The van der Waals surface area contributed by atoms with Gasteiger partial charge in [-0.25, -0.2) is 0 Å². The Kier molecular flexibility index (Phi) is 4.02. The molecule has 2 heterocycles. The Morgan fingerprint density at radius 2 is 2.25 bits per heavy atom. The predicted molar refractivity (Wildman–Crippen MR) is 66.5 cm³/mol. The van der Waals surface area contributed by atoms with Gasteiger partial charge in [0, 0.05) is 18.9 Å². The van der Waals surface area contributed by atoms with E-state index in [1.807, 2.05) is 13.1 Å². The highest BCUT2D eigenvalue weighted by molar-refractivity contribution is 7.07. The number of aryl methyl sites for hydroxylation is 1. The van der Waals surface area contributed by atoms with Crippen molar-refractivity contribution in [1.82, 2.24) is 15.3 Å². The Morgan fingerprint density at radius 1 is 1.31 bits per heavy atom. The molecule has 4 heteroatoms. The first kappa shape index (κ1) is 11.2. The number of nitrogens with one attached hydrogen (secondary N) is 1. The molecule has 0 fully saturated rings. The summed E-state index contributed by atoms with van der Waals surface area (Å²) in [5.41, 5.74) is 3.35. The van der Waals surface area contributed by atoms with E-state index in [4.69, 9.17) is 0 Å². The molecule has 0 aromatic carbocycles. The molecular formula is C12H15N3S. The second-order valence-electron chi connectivity index (χ2n) is 3.71. The average molecular weight is 233 g/mol. The molecule has 0 aliphatic carbocycles. The first-order valence-corrected chi connectivity index (χ1v) is 6.28. The van der Waals surface area contributed by atoms with Crippen molar-refractivity contribution >= 4 is 11.3 Å². The molecule has 0 aliphatic rings. The van der Waals surface area contributed by atoms with E-state index in [1.165, 1.54) is 5.56 Å². The van der Waals surface area contributed by atoms with Crippen molar-refractivity contribution in [1.29, 1.82) is 0 Å². The molecule has 0 bridgehead atoms. The molecule has 0 spiro atoms. The summed E-state index contributed by atoms with van der Waals surface area (Å²) < 4.78 is 0. The Morgan fingerprint density at radius 3 is 2.94 bits per heavy atom. The monoisotopic (exact) mass is 233 g/mol. The lowest BCUT2D eigenvalue weighted by atomic mass is 10.2. The molecule has 0 atom stereocenters. The minimum atomic E-state index is 0.789. The van der Waals surface area contributed by atoms with E-state index in [9.17, 15) is 0 Å². The van der Waals surface area contributed by atoms with Crippen LogP contribution in [0.25, 0.3) is 0 Å². The lowest BCUT2D eigenvalue weighted by molar-refractivity contribution is 0.672. The smallest absolute Gasteiger partial charge is 0.0724 e. The maximum absolute atomic E-state index is 4.29. The van der Waals surface area contributed by atoms with Crippen molar-refractivity contribution in [3.63, 3.8) is 0 Å². The zero-order valence-corrected chi connectivity index (χ0v) is 10.1. The van der Waals surface area contributed by atoms with Crippen molar-refractivity contribution in [2.75, 3.05) is 6.54 Å². The normalized spacial score (nSPS) is 10.6. The lowest BCUT2D eigenvalue weighted by Gasteiger charge is -2.03. The van der Waals surface area contributed by atoms with Gasteiger partial charge in [-0.1, -0.05) is 0 Å². The first-order chi connectivity index (χ1) is 7.84. The maximum atomic E-state index is 4.29. The molecule has 0 unspecified atom stereocenters. The fraction of sp³-hybridized carbons (Fsp3) is 0.333. The van der Waals surface area contributed by atoms with Gasteiger partial charge in [-0.05, 0) is 42.3 Å². The highest BCUT2D eigenvalue weighted by Gasteiger charge is 1.96. The molecule has 0 saturated heterocycles. The summed E-state index contributed by atoms with van der Waals surface area (Å²) in [6.07, 6.45) is 4.70. The van der Waals surface area contributed by atoms with Crippen molar-refractivity contribution in [2.24, 2.45) is 0 Å². The maximum Gasteiger partial charge on any atom is 0.0724 e. The molecule has 3 nitrogen and oxygen atoms in total. The van der Waals surface area contributed by atoms with Crippen molar-refractivity contribution in [2.45, 2.75) is 19.9 Å². The van der Waals surface area contributed by atoms with Gasteiger partial charge in [0.15, 0.2) is 0 Å². The van der Waals surface area contributed by atoms with E-state index in [2.05, 4.69) is 32.1 Å². The van der Waals surface area contributed by atoms with E-state index >= 15 is 0 Å². The zero-order chi connectivity index (χ0) is 11.2.